The Morgan fingerprint density at radius 3 is 1.59 bits per heavy atom. The molecule has 0 aromatic rings. The molecular weight excluding hydrogens is 284 g/mol. The highest BCUT2D eigenvalue weighted by molar-refractivity contribution is 4.76. The molecule has 0 saturated carbocycles. The van der Waals surface area contributed by atoms with Gasteiger partial charge in [0.1, 0.15) is 0 Å². The van der Waals surface area contributed by atoms with Crippen molar-refractivity contribution in [1.29, 1.82) is 0 Å². The normalized spacial score (nSPS) is 12.3. The zero-order valence-corrected chi connectivity index (χ0v) is 14.9. The maximum absolute atomic E-state index is 9.22. The fourth-order valence-corrected chi connectivity index (χ4v) is 2.07. The summed E-state index contributed by atoms with van der Waals surface area (Å²) in [5.41, 5.74) is 0. The van der Waals surface area contributed by atoms with Crippen LogP contribution in [0.3, 0.4) is 0 Å². The van der Waals surface area contributed by atoms with Crippen molar-refractivity contribution in [2.24, 2.45) is 0 Å². The van der Waals surface area contributed by atoms with Crippen LogP contribution in [0.2, 0.25) is 0 Å². The molecule has 0 aromatic carbocycles. The molecule has 0 fully saturated rings. The Kier molecular flexibility index (Phi) is 14.3. The summed E-state index contributed by atoms with van der Waals surface area (Å²) in [5, 5.41) is 9.22. The monoisotopic (exact) mass is 320 g/mol. The van der Waals surface area contributed by atoms with Gasteiger partial charge in [0, 0.05) is 39.5 Å². The fourth-order valence-electron chi connectivity index (χ4n) is 2.07. The van der Waals surface area contributed by atoms with Crippen molar-refractivity contribution in [3.8, 4) is 0 Å². The van der Waals surface area contributed by atoms with E-state index >= 15 is 0 Å². The Morgan fingerprint density at radius 2 is 1.23 bits per heavy atom. The lowest BCUT2D eigenvalue weighted by atomic mass is 10.1. The first-order valence-corrected chi connectivity index (χ1v) is 8.82. The minimum absolute atomic E-state index is 0.0982. The van der Waals surface area contributed by atoms with E-state index < -0.39 is 12.1 Å². The van der Waals surface area contributed by atoms with Crippen molar-refractivity contribution in [2.75, 3.05) is 33.0 Å². The smallest absolute Gasteiger partial charge is 0.220 e. The van der Waals surface area contributed by atoms with E-state index in [0.29, 0.717) is 39.3 Å². The summed E-state index contributed by atoms with van der Waals surface area (Å²) in [5.74, 6) is -0.931. The first-order valence-electron chi connectivity index (χ1n) is 8.82. The van der Waals surface area contributed by atoms with E-state index in [1.54, 1.807) is 0 Å². The average Bonchev–Trinajstić information content (AvgIpc) is 2.55. The number of aliphatic hydroxyl groups excluding tert-OH is 1. The van der Waals surface area contributed by atoms with Crippen molar-refractivity contribution >= 4 is 0 Å². The second-order valence-electron chi connectivity index (χ2n) is 5.41. The molecule has 0 atom stereocenters. The van der Waals surface area contributed by atoms with E-state index in [4.69, 9.17) is 18.9 Å². The molecule has 0 aromatic heterocycles. The number of ether oxygens (including phenoxy) is 4. The summed E-state index contributed by atoms with van der Waals surface area (Å²) in [4.78, 5) is 0. The van der Waals surface area contributed by atoms with Gasteiger partial charge in [-0.3, -0.25) is 0 Å². The highest BCUT2D eigenvalue weighted by Gasteiger charge is 2.42. The zero-order chi connectivity index (χ0) is 16.7. The second kappa shape index (κ2) is 14.4. The number of aliphatic hydroxyl groups is 1. The quantitative estimate of drug-likeness (QED) is 0.441. The second-order valence-corrected chi connectivity index (χ2v) is 5.41. The number of hydrogen-bond acceptors (Lipinski definition) is 5. The van der Waals surface area contributed by atoms with Gasteiger partial charge in [0.05, 0.1) is 0 Å². The van der Waals surface area contributed by atoms with Gasteiger partial charge in [-0.05, 0) is 32.1 Å². The molecule has 0 spiro atoms. The molecule has 0 heterocycles. The van der Waals surface area contributed by atoms with Crippen LogP contribution < -0.4 is 0 Å². The Labute approximate surface area is 136 Å². The van der Waals surface area contributed by atoms with Crippen molar-refractivity contribution in [3.63, 3.8) is 0 Å². The van der Waals surface area contributed by atoms with Gasteiger partial charge in [-0.25, -0.2) is 0 Å². The minimum atomic E-state index is -0.931. The molecule has 134 valence electrons. The first kappa shape index (κ1) is 21.8. The van der Waals surface area contributed by atoms with Crippen LogP contribution in [-0.4, -0.2) is 50.2 Å². The van der Waals surface area contributed by atoms with Gasteiger partial charge in [0.2, 0.25) is 12.1 Å². The van der Waals surface area contributed by atoms with Crippen molar-refractivity contribution in [2.45, 2.75) is 78.3 Å². The van der Waals surface area contributed by atoms with Gasteiger partial charge in [-0.1, -0.05) is 27.7 Å². The lowest BCUT2D eigenvalue weighted by Gasteiger charge is -2.39. The lowest BCUT2D eigenvalue weighted by molar-refractivity contribution is -0.356. The minimum Gasteiger partial charge on any atom is -0.396 e. The van der Waals surface area contributed by atoms with Gasteiger partial charge in [0.25, 0.3) is 0 Å². The third-order valence-electron chi connectivity index (χ3n) is 3.09. The Hall–Kier alpha value is -0.200. The van der Waals surface area contributed by atoms with Crippen LogP contribution in [0.5, 0.6) is 0 Å². The molecular formula is C17H36O5. The molecule has 0 aliphatic carbocycles. The summed E-state index contributed by atoms with van der Waals surface area (Å²) < 4.78 is 23.9. The molecule has 0 amide bonds. The maximum atomic E-state index is 9.22. The molecule has 0 aliphatic heterocycles. The number of rotatable bonds is 16. The maximum Gasteiger partial charge on any atom is 0.220 e. The number of hydrogen-bond donors (Lipinski definition) is 1. The lowest BCUT2D eigenvalue weighted by Crippen LogP contribution is -2.51. The summed E-state index contributed by atoms with van der Waals surface area (Å²) >= 11 is 0. The third-order valence-corrected chi connectivity index (χ3v) is 3.09. The predicted octanol–water partition coefficient (Wildman–Crippen LogP) is 3.49. The van der Waals surface area contributed by atoms with Gasteiger partial charge in [0.15, 0.2) is 0 Å². The van der Waals surface area contributed by atoms with Crippen LogP contribution in [0.4, 0.5) is 0 Å². The van der Waals surface area contributed by atoms with Crippen molar-refractivity contribution < 1.29 is 24.1 Å². The summed E-state index contributed by atoms with van der Waals surface area (Å²) in [7, 11) is 0. The molecule has 0 bridgehead atoms. The molecule has 5 heteroatoms. The van der Waals surface area contributed by atoms with Gasteiger partial charge < -0.3 is 24.1 Å². The predicted molar refractivity (Wildman–Crippen MR) is 87.8 cm³/mol. The van der Waals surface area contributed by atoms with Crippen LogP contribution in [-0.2, 0) is 18.9 Å². The van der Waals surface area contributed by atoms with Crippen LogP contribution in [0.15, 0.2) is 0 Å². The van der Waals surface area contributed by atoms with Crippen LogP contribution in [0.1, 0.15) is 66.2 Å². The van der Waals surface area contributed by atoms with Crippen LogP contribution in [0.25, 0.3) is 0 Å². The highest BCUT2D eigenvalue weighted by atomic mass is 16.8. The van der Waals surface area contributed by atoms with Crippen molar-refractivity contribution in [3.05, 3.63) is 0 Å². The van der Waals surface area contributed by atoms with E-state index in [9.17, 15) is 5.11 Å². The van der Waals surface area contributed by atoms with Gasteiger partial charge in [-0.15, -0.1) is 0 Å². The van der Waals surface area contributed by atoms with E-state index in [1.807, 2.05) is 0 Å². The van der Waals surface area contributed by atoms with E-state index in [2.05, 4.69) is 27.7 Å². The Morgan fingerprint density at radius 1 is 0.773 bits per heavy atom. The molecule has 0 radical (unpaired) electrons. The third kappa shape index (κ3) is 8.44. The topological polar surface area (TPSA) is 57.2 Å². The molecule has 5 nitrogen and oxygen atoms in total. The fraction of sp³-hybridized carbons (Fsp3) is 1.00. The molecule has 0 saturated heterocycles. The van der Waals surface area contributed by atoms with Gasteiger partial charge >= 0.3 is 0 Å². The largest absolute Gasteiger partial charge is 0.396 e. The zero-order valence-electron chi connectivity index (χ0n) is 14.9. The Bertz CT molecular complexity index is 205. The summed E-state index contributed by atoms with van der Waals surface area (Å²) in [6.07, 6.45) is 4.19. The Balaban J connectivity index is 5.13. The van der Waals surface area contributed by atoms with E-state index in [1.165, 1.54) is 0 Å². The highest BCUT2D eigenvalue weighted by Crippen LogP contribution is 2.29. The molecule has 0 rings (SSSR count). The van der Waals surface area contributed by atoms with Crippen LogP contribution in [0, 0.1) is 0 Å². The average molecular weight is 320 g/mol. The standard InChI is InChI=1S/C17H36O5/c1-5-12-19-16(20-13-6-2)17(10-9-11-18,21-14-7-3)22-15-8-4/h16,18H,5-15H2,1-4H3. The molecule has 0 unspecified atom stereocenters. The van der Waals surface area contributed by atoms with E-state index in [0.717, 1.165) is 25.7 Å². The molecule has 0 aliphatic rings. The molecule has 1 N–H and O–H groups in total. The van der Waals surface area contributed by atoms with E-state index in [-0.39, 0.29) is 6.61 Å². The van der Waals surface area contributed by atoms with Crippen molar-refractivity contribution in [1.82, 2.24) is 0 Å². The molecule has 22 heavy (non-hydrogen) atoms. The van der Waals surface area contributed by atoms with Crippen LogP contribution >= 0.6 is 0 Å². The summed E-state index contributed by atoms with van der Waals surface area (Å²) in [6, 6.07) is 0. The summed E-state index contributed by atoms with van der Waals surface area (Å²) in [6.45, 7) is 10.7. The SMILES string of the molecule is CCCOC(OCCC)C(CCCO)(OCCC)OCCC. The van der Waals surface area contributed by atoms with Gasteiger partial charge in [-0.2, -0.15) is 0 Å². The first-order chi connectivity index (χ1) is 10.7.